The van der Waals surface area contributed by atoms with E-state index < -0.39 is 58.9 Å². The van der Waals surface area contributed by atoms with E-state index in [2.05, 4.69) is 0 Å². The zero-order valence-electron chi connectivity index (χ0n) is 25.9. The second kappa shape index (κ2) is 13.5. The third kappa shape index (κ3) is 7.13. The largest absolute Gasteiger partial charge is 0.496 e. The van der Waals surface area contributed by atoms with Crippen LogP contribution in [0, 0.1) is 12.7 Å². The van der Waals surface area contributed by atoms with E-state index in [1.54, 1.807) is 29.2 Å². The van der Waals surface area contributed by atoms with Gasteiger partial charge in [0.15, 0.2) is 0 Å². The Labute approximate surface area is 269 Å². The fraction of sp³-hybridized carbons (Fsp3) is 0.375. The average Bonchev–Trinajstić information content (AvgIpc) is 3.51. The van der Waals surface area contributed by atoms with Crippen LogP contribution in [0.4, 0.5) is 36.4 Å². The molecular formula is C32H32F7N5O4. The normalized spacial score (nSPS) is 15.2. The van der Waals surface area contributed by atoms with Crippen LogP contribution in [0.5, 0.6) is 5.75 Å². The molecule has 258 valence electrons. The van der Waals surface area contributed by atoms with Crippen molar-refractivity contribution in [3.05, 3.63) is 115 Å². The van der Waals surface area contributed by atoms with E-state index >= 15 is 0 Å². The maximum atomic E-state index is 15.0. The SMILES string of the molecule is COc1ccccc1[C@H](N)Cn1c(=O)c(N2CCN(Cc3ccc(C(F)(F)F)o3)CC2)c(C)n(Cc2c(F)cccc2C(F)(F)F)c1=O. The fourth-order valence-corrected chi connectivity index (χ4v) is 5.87. The van der Waals surface area contributed by atoms with Crippen LogP contribution in [0.3, 0.4) is 0 Å². The quantitative estimate of drug-likeness (QED) is 0.243. The predicted molar refractivity (Wildman–Crippen MR) is 161 cm³/mol. The first-order valence-electron chi connectivity index (χ1n) is 14.8. The summed E-state index contributed by atoms with van der Waals surface area (Å²) < 4.78 is 108. The minimum atomic E-state index is -4.93. The van der Waals surface area contributed by atoms with Crippen molar-refractivity contribution < 1.29 is 39.9 Å². The molecule has 0 aliphatic carbocycles. The van der Waals surface area contributed by atoms with E-state index in [9.17, 15) is 40.3 Å². The van der Waals surface area contributed by atoms with Crippen LogP contribution in [0.25, 0.3) is 0 Å². The lowest BCUT2D eigenvalue weighted by Crippen LogP contribution is -2.51. The van der Waals surface area contributed by atoms with Gasteiger partial charge >= 0.3 is 18.0 Å². The van der Waals surface area contributed by atoms with Gasteiger partial charge in [0.25, 0.3) is 5.56 Å². The van der Waals surface area contributed by atoms with E-state index in [1.807, 2.05) is 4.90 Å². The monoisotopic (exact) mass is 683 g/mol. The highest BCUT2D eigenvalue weighted by atomic mass is 19.4. The molecule has 0 saturated carbocycles. The van der Waals surface area contributed by atoms with Gasteiger partial charge in [-0.2, -0.15) is 26.3 Å². The summed E-state index contributed by atoms with van der Waals surface area (Å²) in [6.07, 6.45) is -9.56. The molecule has 4 aromatic rings. The summed E-state index contributed by atoms with van der Waals surface area (Å²) in [7, 11) is 1.42. The number of benzene rings is 2. The molecule has 9 nitrogen and oxygen atoms in total. The molecule has 1 atom stereocenters. The molecule has 2 aromatic heterocycles. The first kappa shape index (κ1) is 34.8. The summed E-state index contributed by atoms with van der Waals surface area (Å²) in [6.45, 7) is 1.13. The van der Waals surface area contributed by atoms with Crippen LogP contribution >= 0.6 is 0 Å². The van der Waals surface area contributed by atoms with Gasteiger partial charge in [-0.1, -0.05) is 24.3 Å². The van der Waals surface area contributed by atoms with Crippen molar-refractivity contribution in [3.63, 3.8) is 0 Å². The fourth-order valence-electron chi connectivity index (χ4n) is 5.87. The van der Waals surface area contributed by atoms with Crippen molar-refractivity contribution in [2.45, 2.75) is 45.0 Å². The van der Waals surface area contributed by atoms with E-state index in [4.69, 9.17) is 14.9 Å². The topological polar surface area (TPSA) is 98.9 Å². The number of aromatic nitrogens is 2. The Morgan fingerprint density at radius 3 is 2.19 bits per heavy atom. The number of nitrogens with zero attached hydrogens (tertiary/aromatic N) is 4. The van der Waals surface area contributed by atoms with E-state index in [-0.39, 0.29) is 56.4 Å². The van der Waals surface area contributed by atoms with Crippen LogP contribution in [-0.4, -0.2) is 47.3 Å². The first-order chi connectivity index (χ1) is 22.6. The van der Waals surface area contributed by atoms with Gasteiger partial charge in [-0.05, 0) is 37.3 Å². The lowest BCUT2D eigenvalue weighted by atomic mass is 10.1. The molecule has 1 fully saturated rings. The molecule has 16 heteroatoms. The molecule has 0 unspecified atom stereocenters. The van der Waals surface area contributed by atoms with Gasteiger partial charge in [0.1, 0.15) is 23.0 Å². The van der Waals surface area contributed by atoms with Gasteiger partial charge in [-0.25, -0.2) is 9.18 Å². The standard InChI is InChI=1S/C32H32F7N5O4/c1-19-28(42-14-12-41(13-15-42)16-20-10-11-27(48-20)32(37,38)39)29(45)44(18-25(40)21-6-3-4-9-26(21)47-2)30(46)43(19)17-22-23(31(34,35)36)7-5-8-24(22)33/h3-11,25H,12-18,40H2,1-2H3/t25-/m1/s1. The van der Waals surface area contributed by atoms with Gasteiger partial charge in [0.05, 0.1) is 38.3 Å². The smallest absolute Gasteiger partial charge is 0.449 e. The van der Waals surface area contributed by atoms with Crippen molar-refractivity contribution >= 4 is 5.69 Å². The number of piperazine rings is 1. The van der Waals surface area contributed by atoms with Gasteiger partial charge < -0.3 is 19.8 Å². The minimum Gasteiger partial charge on any atom is -0.496 e. The van der Waals surface area contributed by atoms with E-state index in [0.717, 1.165) is 27.3 Å². The number of anilines is 1. The molecule has 1 saturated heterocycles. The number of halogens is 7. The second-order valence-electron chi connectivity index (χ2n) is 11.4. The summed E-state index contributed by atoms with van der Waals surface area (Å²) in [5, 5.41) is 0. The predicted octanol–water partition coefficient (Wildman–Crippen LogP) is 5.17. The summed E-state index contributed by atoms with van der Waals surface area (Å²) in [5.41, 5.74) is 3.14. The van der Waals surface area contributed by atoms with Gasteiger partial charge in [-0.15, -0.1) is 0 Å². The van der Waals surface area contributed by atoms with Gasteiger partial charge in [-0.3, -0.25) is 18.8 Å². The number of ether oxygens (including phenoxy) is 1. The minimum absolute atomic E-state index is 0.00345. The molecule has 1 aliphatic heterocycles. The number of methoxy groups -OCH3 is 1. The Bertz CT molecular complexity index is 1890. The van der Waals surface area contributed by atoms with Crippen LogP contribution in [0.2, 0.25) is 0 Å². The van der Waals surface area contributed by atoms with Crippen LogP contribution in [0.15, 0.2) is 68.6 Å². The summed E-state index contributed by atoms with van der Waals surface area (Å²) in [4.78, 5) is 31.4. The van der Waals surface area contributed by atoms with Crippen LogP contribution in [0.1, 0.15) is 39.9 Å². The maximum absolute atomic E-state index is 15.0. The van der Waals surface area contributed by atoms with Crippen molar-refractivity contribution in [2.75, 3.05) is 38.2 Å². The number of hydrogen-bond donors (Lipinski definition) is 1. The summed E-state index contributed by atoms with van der Waals surface area (Å²) in [5.74, 6) is -1.81. The number of hydrogen-bond acceptors (Lipinski definition) is 7. The molecule has 48 heavy (non-hydrogen) atoms. The highest BCUT2D eigenvalue weighted by Gasteiger charge is 2.36. The molecule has 0 spiro atoms. The van der Waals surface area contributed by atoms with E-state index in [0.29, 0.717) is 17.4 Å². The lowest BCUT2D eigenvalue weighted by molar-refractivity contribution is -0.153. The third-order valence-corrected chi connectivity index (χ3v) is 8.32. The Morgan fingerprint density at radius 1 is 0.875 bits per heavy atom. The molecular weight excluding hydrogens is 651 g/mol. The number of alkyl halides is 6. The Hall–Kier alpha value is -4.57. The van der Waals surface area contributed by atoms with Crippen LogP contribution < -0.4 is 26.6 Å². The van der Waals surface area contributed by atoms with Gasteiger partial charge in [0, 0.05) is 43.0 Å². The van der Waals surface area contributed by atoms with Crippen molar-refractivity contribution in [2.24, 2.45) is 5.73 Å². The number of nitrogens with two attached hydrogens (primary N) is 1. The maximum Gasteiger partial charge on any atom is 0.449 e. The highest BCUT2D eigenvalue weighted by Crippen LogP contribution is 2.34. The van der Waals surface area contributed by atoms with Crippen molar-refractivity contribution in [1.82, 2.24) is 14.0 Å². The molecule has 0 bridgehead atoms. The molecule has 2 N–H and O–H groups in total. The van der Waals surface area contributed by atoms with E-state index in [1.165, 1.54) is 20.1 Å². The molecule has 1 aliphatic rings. The summed E-state index contributed by atoms with van der Waals surface area (Å²) in [6, 6.07) is 10.3. The zero-order valence-corrected chi connectivity index (χ0v) is 25.9. The number of para-hydroxylation sites is 1. The molecule has 3 heterocycles. The molecule has 2 aromatic carbocycles. The molecule has 0 radical (unpaired) electrons. The van der Waals surface area contributed by atoms with Crippen molar-refractivity contribution in [3.8, 4) is 5.75 Å². The number of furan rings is 1. The number of rotatable bonds is 9. The van der Waals surface area contributed by atoms with Crippen LogP contribution in [-0.2, 0) is 32.0 Å². The average molecular weight is 684 g/mol. The Kier molecular flexibility index (Phi) is 9.78. The molecule has 0 amide bonds. The highest BCUT2D eigenvalue weighted by molar-refractivity contribution is 5.50. The lowest BCUT2D eigenvalue weighted by Gasteiger charge is -2.36. The van der Waals surface area contributed by atoms with Crippen molar-refractivity contribution in [1.29, 1.82) is 0 Å². The Balaban J connectivity index is 1.53. The third-order valence-electron chi connectivity index (χ3n) is 8.32. The first-order valence-corrected chi connectivity index (χ1v) is 14.8. The molecule has 5 rings (SSSR count). The second-order valence-corrected chi connectivity index (χ2v) is 11.4. The van der Waals surface area contributed by atoms with Gasteiger partial charge in [0.2, 0.25) is 5.76 Å². The Morgan fingerprint density at radius 2 is 1.56 bits per heavy atom. The summed E-state index contributed by atoms with van der Waals surface area (Å²) >= 11 is 0. The zero-order chi connectivity index (χ0) is 35.0.